The molecule has 0 radical (unpaired) electrons. The Labute approximate surface area is 121 Å². The van der Waals surface area contributed by atoms with Gasteiger partial charge in [-0.1, -0.05) is 0 Å². The Bertz CT molecular complexity index is 625. The second-order valence-electron chi connectivity index (χ2n) is 4.28. The van der Waals surface area contributed by atoms with Crippen molar-refractivity contribution in [3.8, 4) is 0 Å². The minimum atomic E-state index is -4.08. The molecule has 0 amide bonds. The molecule has 0 saturated carbocycles. The van der Waals surface area contributed by atoms with Crippen molar-refractivity contribution in [2.45, 2.75) is 11.8 Å². The highest BCUT2D eigenvalue weighted by atomic mass is 32.2. The molecule has 9 nitrogen and oxygen atoms in total. The van der Waals surface area contributed by atoms with Gasteiger partial charge in [0.15, 0.2) is 0 Å². The standard InChI is InChI=1S/C11H17N3O6S/c1-8-6-9(12)10(14(17)18)7-11(8)21(19,20)13(2-4-15)3-5-16/h6-7,15-16H,2-5,12H2,1H3. The molecular formula is C11H17N3O6S. The number of nitrogens with zero attached hydrogens (tertiary/aromatic N) is 2. The lowest BCUT2D eigenvalue weighted by molar-refractivity contribution is -0.384. The van der Waals surface area contributed by atoms with Gasteiger partial charge < -0.3 is 15.9 Å². The van der Waals surface area contributed by atoms with Gasteiger partial charge in [-0.3, -0.25) is 10.1 Å². The minimum absolute atomic E-state index is 0.132. The number of hydrogen-bond donors (Lipinski definition) is 3. The SMILES string of the molecule is Cc1cc(N)c([N+](=O)[O-])cc1S(=O)(=O)N(CCO)CCO. The smallest absolute Gasteiger partial charge is 0.293 e. The van der Waals surface area contributed by atoms with E-state index in [-0.39, 0.29) is 29.2 Å². The number of benzene rings is 1. The van der Waals surface area contributed by atoms with Crippen LogP contribution in [0.2, 0.25) is 0 Å². The van der Waals surface area contributed by atoms with Crippen LogP contribution in [0.15, 0.2) is 17.0 Å². The number of aliphatic hydroxyl groups is 2. The number of anilines is 1. The van der Waals surface area contributed by atoms with Crippen LogP contribution in [0.3, 0.4) is 0 Å². The number of nitrogens with two attached hydrogens (primary N) is 1. The van der Waals surface area contributed by atoms with Crippen molar-refractivity contribution < 1.29 is 23.6 Å². The van der Waals surface area contributed by atoms with Crippen LogP contribution in [-0.4, -0.2) is 54.2 Å². The van der Waals surface area contributed by atoms with Gasteiger partial charge in [0.2, 0.25) is 10.0 Å². The number of nitro benzene ring substituents is 1. The molecule has 0 heterocycles. The van der Waals surface area contributed by atoms with E-state index in [0.29, 0.717) is 0 Å². The molecule has 1 aromatic carbocycles. The maximum atomic E-state index is 12.5. The Kier molecular flexibility index (Phi) is 5.61. The van der Waals surface area contributed by atoms with Gasteiger partial charge in [0.25, 0.3) is 5.69 Å². The molecule has 0 spiro atoms. The van der Waals surface area contributed by atoms with Gasteiger partial charge in [0.05, 0.1) is 23.0 Å². The van der Waals surface area contributed by atoms with Crippen LogP contribution in [0.25, 0.3) is 0 Å². The molecule has 10 heteroatoms. The summed E-state index contributed by atoms with van der Waals surface area (Å²) in [5.74, 6) is 0. The maximum absolute atomic E-state index is 12.5. The highest BCUT2D eigenvalue weighted by Gasteiger charge is 2.28. The van der Waals surface area contributed by atoms with Crippen LogP contribution in [-0.2, 0) is 10.0 Å². The quantitative estimate of drug-likeness (QED) is 0.347. The number of sulfonamides is 1. The van der Waals surface area contributed by atoms with E-state index in [1.54, 1.807) is 0 Å². The third-order valence-corrected chi connectivity index (χ3v) is 4.88. The first-order chi connectivity index (χ1) is 9.75. The van der Waals surface area contributed by atoms with Gasteiger partial charge in [0, 0.05) is 19.2 Å². The van der Waals surface area contributed by atoms with Gasteiger partial charge in [0.1, 0.15) is 5.69 Å². The maximum Gasteiger partial charge on any atom is 0.293 e. The third kappa shape index (κ3) is 3.67. The summed E-state index contributed by atoms with van der Waals surface area (Å²) in [7, 11) is -4.08. The number of aliphatic hydroxyl groups excluding tert-OH is 2. The summed E-state index contributed by atoms with van der Waals surface area (Å²) in [6.45, 7) is 0.148. The molecule has 0 aromatic heterocycles. The molecule has 1 aromatic rings. The first-order valence-electron chi connectivity index (χ1n) is 6.02. The second kappa shape index (κ2) is 6.80. The van der Waals surface area contributed by atoms with Crippen molar-refractivity contribution in [1.82, 2.24) is 4.31 Å². The largest absolute Gasteiger partial charge is 0.395 e. The first-order valence-corrected chi connectivity index (χ1v) is 7.46. The molecule has 118 valence electrons. The third-order valence-electron chi connectivity index (χ3n) is 2.84. The number of hydrogen-bond acceptors (Lipinski definition) is 7. The minimum Gasteiger partial charge on any atom is -0.395 e. The molecular weight excluding hydrogens is 302 g/mol. The highest BCUT2D eigenvalue weighted by Crippen LogP contribution is 2.29. The average molecular weight is 319 g/mol. The Morgan fingerprint density at radius 2 is 1.81 bits per heavy atom. The Hall–Kier alpha value is -1.75. The Morgan fingerprint density at radius 3 is 2.24 bits per heavy atom. The lowest BCUT2D eigenvalue weighted by Gasteiger charge is -2.21. The van der Waals surface area contributed by atoms with Gasteiger partial charge >= 0.3 is 0 Å². The van der Waals surface area contributed by atoms with Crippen molar-refractivity contribution >= 4 is 21.4 Å². The van der Waals surface area contributed by atoms with E-state index in [0.717, 1.165) is 10.4 Å². The summed E-state index contributed by atoms with van der Waals surface area (Å²) in [6, 6.07) is 2.10. The molecule has 4 N–H and O–H groups in total. The molecule has 0 saturated heterocycles. The van der Waals surface area contributed by atoms with Gasteiger partial charge in [-0.2, -0.15) is 4.31 Å². The summed E-state index contributed by atoms with van der Waals surface area (Å²) in [5.41, 5.74) is 5.11. The fraction of sp³-hybridized carbons (Fsp3) is 0.455. The van der Waals surface area contributed by atoms with Crippen LogP contribution in [0.5, 0.6) is 0 Å². The van der Waals surface area contributed by atoms with Crippen molar-refractivity contribution in [1.29, 1.82) is 0 Å². The average Bonchev–Trinajstić information content (AvgIpc) is 2.37. The monoisotopic (exact) mass is 319 g/mol. The molecule has 0 unspecified atom stereocenters. The molecule has 0 aliphatic carbocycles. The molecule has 0 bridgehead atoms. The summed E-state index contributed by atoms with van der Waals surface area (Å²) >= 11 is 0. The topological polar surface area (TPSA) is 147 Å². The lowest BCUT2D eigenvalue weighted by atomic mass is 10.2. The zero-order valence-electron chi connectivity index (χ0n) is 11.4. The van der Waals surface area contributed by atoms with Crippen LogP contribution < -0.4 is 5.73 Å². The van der Waals surface area contributed by atoms with E-state index < -0.39 is 33.8 Å². The molecule has 0 aliphatic heterocycles. The van der Waals surface area contributed by atoms with E-state index in [2.05, 4.69) is 0 Å². The highest BCUT2D eigenvalue weighted by molar-refractivity contribution is 7.89. The zero-order chi connectivity index (χ0) is 16.2. The Balaban J connectivity index is 3.42. The van der Waals surface area contributed by atoms with Crippen molar-refractivity contribution in [3.05, 3.63) is 27.8 Å². The van der Waals surface area contributed by atoms with Gasteiger partial charge in [-0.05, 0) is 18.6 Å². The summed E-state index contributed by atoms with van der Waals surface area (Å²) in [4.78, 5) is 9.83. The van der Waals surface area contributed by atoms with E-state index >= 15 is 0 Å². The van der Waals surface area contributed by atoms with Gasteiger partial charge in [-0.15, -0.1) is 0 Å². The van der Waals surface area contributed by atoms with E-state index in [9.17, 15) is 18.5 Å². The number of nitro groups is 1. The fourth-order valence-electron chi connectivity index (χ4n) is 1.85. The number of aryl methyl sites for hydroxylation is 1. The zero-order valence-corrected chi connectivity index (χ0v) is 12.2. The predicted octanol–water partition coefficient (Wildman–Crippen LogP) is -0.539. The second-order valence-corrected chi connectivity index (χ2v) is 6.19. The Morgan fingerprint density at radius 1 is 1.29 bits per heavy atom. The van der Waals surface area contributed by atoms with Crippen LogP contribution in [0.1, 0.15) is 5.56 Å². The number of nitrogen functional groups attached to an aromatic ring is 1. The van der Waals surface area contributed by atoms with E-state index in [1.807, 2.05) is 0 Å². The fourth-order valence-corrected chi connectivity index (χ4v) is 3.50. The molecule has 0 atom stereocenters. The predicted molar refractivity (Wildman–Crippen MR) is 75.2 cm³/mol. The molecule has 0 aliphatic rings. The summed E-state index contributed by atoms with van der Waals surface area (Å²) in [5, 5.41) is 28.7. The van der Waals surface area contributed by atoms with Crippen LogP contribution in [0.4, 0.5) is 11.4 Å². The molecule has 21 heavy (non-hydrogen) atoms. The van der Waals surface area contributed by atoms with Crippen molar-refractivity contribution in [3.63, 3.8) is 0 Å². The van der Waals surface area contributed by atoms with E-state index in [1.165, 1.54) is 13.0 Å². The first kappa shape index (κ1) is 17.3. The van der Waals surface area contributed by atoms with Gasteiger partial charge in [-0.25, -0.2) is 8.42 Å². The lowest BCUT2D eigenvalue weighted by Crippen LogP contribution is -2.36. The van der Waals surface area contributed by atoms with Crippen LogP contribution >= 0.6 is 0 Å². The molecule has 1 rings (SSSR count). The molecule has 0 fully saturated rings. The summed E-state index contributed by atoms with van der Waals surface area (Å²) < 4.78 is 25.8. The van der Waals surface area contributed by atoms with Crippen LogP contribution in [0, 0.1) is 17.0 Å². The van der Waals surface area contributed by atoms with Crippen molar-refractivity contribution in [2.24, 2.45) is 0 Å². The number of rotatable bonds is 7. The normalized spacial score (nSPS) is 11.8. The van der Waals surface area contributed by atoms with E-state index in [4.69, 9.17) is 15.9 Å². The summed E-state index contributed by atoms with van der Waals surface area (Å²) in [6.07, 6.45) is 0. The van der Waals surface area contributed by atoms with Crippen molar-refractivity contribution in [2.75, 3.05) is 32.0 Å².